The molecule has 1 saturated heterocycles. The van der Waals surface area contributed by atoms with Crippen LogP contribution in [0, 0.1) is 11.3 Å². The van der Waals surface area contributed by atoms with E-state index in [9.17, 15) is 5.26 Å². The third-order valence-corrected chi connectivity index (χ3v) is 5.15. The molecule has 2 aliphatic heterocycles. The van der Waals surface area contributed by atoms with Crippen LogP contribution in [0.25, 0.3) is 6.08 Å². The molecule has 2 aromatic rings. The molecule has 0 spiro atoms. The van der Waals surface area contributed by atoms with Crippen LogP contribution < -0.4 is 5.32 Å². The standard InChI is InChI=1S/C22H21N3/c23-15-19-16-24-21-14-20(18-11-5-2-6-12-18)22(19)25(21)13-7-10-17-8-3-1-4-9-17/h1-12,16,20-22,24H,13-14H2/b10-7+/t20-,21-,22-/m1/s1. The van der Waals surface area contributed by atoms with Crippen molar-refractivity contribution < 1.29 is 0 Å². The molecule has 2 aromatic carbocycles. The van der Waals surface area contributed by atoms with Crippen molar-refractivity contribution in [3.8, 4) is 6.07 Å². The van der Waals surface area contributed by atoms with Crippen molar-refractivity contribution >= 4 is 6.08 Å². The number of benzene rings is 2. The van der Waals surface area contributed by atoms with Crippen LogP contribution in [-0.4, -0.2) is 23.7 Å². The van der Waals surface area contributed by atoms with Crippen molar-refractivity contribution in [3.05, 3.63) is 89.6 Å². The second-order valence-corrected chi connectivity index (χ2v) is 6.60. The molecular weight excluding hydrogens is 306 g/mol. The van der Waals surface area contributed by atoms with E-state index in [-0.39, 0.29) is 12.2 Å². The molecule has 3 atom stereocenters. The predicted molar refractivity (Wildman–Crippen MR) is 100 cm³/mol. The summed E-state index contributed by atoms with van der Waals surface area (Å²) in [5.41, 5.74) is 3.35. The van der Waals surface area contributed by atoms with Gasteiger partial charge in [-0.2, -0.15) is 5.26 Å². The van der Waals surface area contributed by atoms with Gasteiger partial charge in [0.05, 0.1) is 23.8 Å². The quantitative estimate of drug-likeness (QED) is 0.926. The Hall–Kier alpha value is -2.83. The highest BCUT2D eigenvalue weighted by Gasteiger charge is 2.45. The zero-order valence-corrected chi connectivity index (χ0v) is 14.0. The summed E-state index contributed by atoms with van der Waals surface area (Å²) in [5, 5.41) is 13.0. The van der Waals surface area contributed by atoms with Crippen LogP contribution >= 0.6 is 0 Å². The Kier molecular flexibility index (Phi) is 4.37. The molecule has 1 fully saturated rings. The van der Waals surface area contributed by atoms with Crippen LogP contribution in [0.2, 0.25) is 0 Å². The monoisotopic (exact) mass is 327 g/mol. The average Bonchev–Trinajstić information content (AvgIpc) is 2.91. The first-order chi connectivity index (χ1) is 12.4. The van der Waals surface area contributed by atoms with Gasteiger partial charge in [0, 0.05) is 18.7 Å². The summed E-state index contributed by atoms with van der Waals surface area (Å²) in [7, 11) is 0. The van der Waals surface area contributed by atoms with E-state index in [4.69, 9.17) is 0 Å². The molecule has 124 valence electrons. The number of hydrogen-bond donors (Lipinski definition) is 1. The van der Waals surface area contributed by atoms with E-state index in [1.807, 2.05) is 30.5 Å². The minimum Gasteiger partial charge on any atom is -0.375 e. The predicted octanol–water partition coefficient (Wildman–Crippen LogP) is 3.89. The van der Waals surface area contributed by atoms with Gasteiger partial charge in [-0.1, -0.05) is 72.8 Å². The summed E-state index contributed by atoms with van der Waals surface area (Å²) in [6.45, 7) is 0.833. The third kappa shape index (κ3) is 3.09. The summed E-state index contributed by atoms with van der Waals surface area (Å²) in [6, 6.07) is 23.5. The molecule has 0 aromatic heterocycles. The first-order valence-corrected chi connectivity index (χ1v) is 8.75. The molecule has 1 N–H and O–H groups in total. The molecule has 0 saturated carbocycles. The van der Waals surface area contributed by atoms with Crippen LogP contribution in [0.1, 0.15) is 23.5 Å². The number of rotatable bonds is 4. The highest BCUT2D eigenvalue weighted by atomic mass is 15.3. The van der Waals surface area contributed by atoms with E-state index in [2.05, 4.69) is 64.8 Å². The Morgan fingerprint density at radius 2 is 1.80 bits per heavy atom. The second kappa shape index (κ2) is 6.96. The van der Waals surface area contributed by atoms with E-state index in [0.29, 0.717) is 5.92 Å². The summed E-state index contributed by atoms with van der Waals surface area (Å²) in [6.07, 6.45) is 7.57. The molecule has 0 radical (unpaired) electrons. The molecule has 4 rings (SSSR count). The molecular formula is C22H21N3. The Bertz CT molecular complexity index is 817. The van der Waals surface area contributed by atoms with Gasteiger partial charge < -0.3 is 5.32 Å². The van der Waals surface area contributed by atoms with Gasteiger partial charge in [0.15, 0.2) is 0 Å². The van der Waals surface area contributed by atoms with Gasteiger partial charge in [-0.3, -0.25) is 4.90 Å². The van der Waals surface area contributed by atoms with Crippen molar-refractivity contribution in [2.75, 3.05) is 6.54 Å². The van der Waals surface area contributed by atoms with Gasteiger partial charge in [-0.25, -0.2) is 0 Å². The maximum absolute atomic E-state index is 9.59. The summed E-state index contributed by atoms with van der Waals surface area (Å²) in [5.74, 6) is 0.359. The normalized spacial score (nSPS) is 25.4. The second-order valence-electron chi connectivity index (χ2n) is 6.60. The molecule has 3 heteroatoms. The lowest BCUT2D eigenvalue weighted by atomic mass is 9.88. The molecule has 0 aliphatic carbocycles. The summed E-state index contributed by atoms with van der Waals surface area (Å²) >= 11 is 0. The average molecular weight is 327 g/mol. The van der Waals surface area contributed by atoms with E-state index < -0.39 is 0 Å². The number of fused-ring (bicyclic) bond motifs is 2. The largest absolute Gasteiger partial charge is 0.375 e. The van der Waals surface area contributed by atoms with E-state index >= 15 is 0 Å². The minimum atomic E-state index is 0.152. The van der Waals surface area contributed by atoms with Crippen molar-refractivity contribution in [1.82, 2.24) is 10.2 Å². The Morgan fingerprint density at radius 1 is 1.08 bits per heavy atom. The van der Waals surface area contributed by atoms with Crippen molar-refractivity contribution in [2.24, 2.45) is 0 Å². The van der Waals surface area contributed by atoms with Gasteiger partial charge in [0.1, 0.15) is 0 Å². The van der Waals surface area contributed by atoms with Gasteiger partial charge in [-0.05, 0) is 17.5 Å². The van der Waals surface area contributed by atoms with Crippen LogP contribution in [0.3, 0.4) is 0 Å². The molecule has 0 amide bonds. The lowest BCUT2D eigenvalue weighted by Crippen LogP contribution is -2.47. The fourth-order valence-electron chi connectivity index (χ4n) is 3.99. The van der Waals surface area contributed by atoms with E-state index in [1.165, 1.54) is 11.1 Å². The van der Waals surface area contributed by atoms with Gasteiger partial charge >= 0.3 is 0 Å². The highest BCUT2D eigenvalue weighted by Crippen LogP contribution is 2.41. The lowest BCUT2D eigenvalue weighted by molar-refractivity contribution is 0.203. The smallest absolute Gasteiger partial charge is 0.0979 e. The van der Waals surface area contributed by atoms with Crippen LogP contribution in [0.5, 0.6) is 0 Å². The van der Waals surface area contributed by atoms with Crippen LogP contribution in [-0.2, 0) is 0 Å². The summed E-state index contributed by atoms with van der Waals surface area (Å²) < 4.78 is 0. The minimum absolute atomic E-state index is 0.152. The highest BCUT2D eigenvalue weighted by molar-refractivity contribution is 5.49. The van der Waals surface area contributed by atoms with Crippen LogP contribution in [0.15, 0.2) is 78.5 Å². The Morgan fingerprint density at radius 3 is 2.52 bits per heavy atom. The van der Waals surface area contributed by atoms with Crippen LogP contribution in [0.4, 0.5) is 0 Å². The fraction of sp³-hybridized carbons (Fsp3) is 0.227. The summed E-state index contributed by atoms with van der Waals surface area (Å²) in [4.78, 5) is 2.41. The zero-order valence-electron chi connectivity index (χ0n) is 14.0. The zero-order chi connectivity index (χ0) is 17.1. The van der Waals surface area contributed by atoms with Crippen molar-refractivity contribution in [1.29, 1.82) is 5.26 Å². The first-order valence-electron chi connectivity index (χ1n) is 8.75. The Labute approximate surface area is 148 Å². The first kappa shape index (κ1) is 15.7. The maximum atomic E-state index is 9.59. The molecule has 2 bridgehead atoms. The number of nitriles is 1. The van der Waals surface area contributed by atoms with Crippen molar-refractivity contribution in [3.63, 3.8) is 0 Å². The Balaban J connectivity index is 1.57. The molecule has 3 nitrogen and oxygen atoms in total. The van der Waals surface area contributed by atoms with Crippen molar-refractivity contribution in [2.45, 2.75) is 24.5 Å². The molecule has 25 heavy (non-hydrogen) atoms. The number of nitrogens with one attached hydrogen (secondary N) is 1. The molecule has 2 heterocycles. The van der Waals surface area contributed by atoms with E-state index in [1.54, 1.807) is 0 Å². The van der Waals surface area contributed by atoms with Gasteiger partial charge in [0.2, 0.25) is 0 Å². The SMILES string of the molecule is N#CC1=CN[C@H]2C[C@H](c3ccccc3)[C@@H]1N2C/C=C/c1ccccc1. The fourth-order valence-corrected chi connectivity index (χ4v) is 3.99. The topological polar surface area (TPSA) is 39.1 Å². The van der Waals surface area contributed by atoms with Gasteiger partial charge in [-0.15, -0.1) is 0 Å². The third-order valence-electron chi connectivity index (χ3n) is 5.15. The lowest BCUT2D eigenvalue weighted by Gasteiger charge is -2.34. The molecule has 2 aliphatic rings. The number of hydrogen-bond acceptors (Lipinski definition) is 3. The van der Waals surface area contributed by atoms with Gasteiger partial charge in [0.25, 0.3) is 0 Å². The number of nitrogens with zero attached hydrogens (tertiary/aromatic N) is 2. The maximum Gasteiger partial charge on any atom is 0.0979 e. The van der Waals surface area contributed by atoms with E-state index in [0.717, 1.165) is 18.5 Å². The molecule has 0 unspecified atom stereocenters.